The Labute approximate surface area is 154 Å². The molecule has 1 saturated heterocycles. The third kappa shape index (κ3) is 8.45. The summed E-state index contributed by atoms with van der Waals surface area (Å²) in [6, 6.07) is 5.82. The lowest BCUT2D eigenvalue weighted by molar-refractivity contribution is 0.0165. The molecule has 4 N–H and O–H groups in total. The average Bonchev–Trinajstić information content (AvgIpc) is 2.55. The van der Waals surface area contributed by atoms with Crippen LogP contribution < -0.4 is 11.1 Å². The first-order chi connectivity index (χ1) is 10.7. The second kappa shape index (κ2) is 11.5. The number of aromatic nitrogens is 1. The predicted molar refractivity (Wildman–Crippen MR) is 101 cm³/mol. The van der Waals surface area contributed by atoms with Crippen molar-refractivity contribution in [2.24, 2.45) is 10.7 Å². The number of pyridine rings is 1. The molecule has 1 unspecified atom stereocenters. The summed E-state index contributed by atoms with van der Waals surface area (Å²) in [5, 5.41) is 13.0. The fourth-order valence-electron chi connectivity index (χ4n) is 2.26. The van der Waals surface area contributed by atoms with Gasteiger partial charge in [0.15, 0.2) is 5.96 Å². The van der Waals surface area contributed by atoms with Crippen LogP contribution in [0.15, 0.2) is 29.4 Å². The second-order valence-corrected chi connectivity index (χ2v) is 5.29. The van der Waals surface area contributed by atoms with E-state index in [1.807, 2.05) is 18.2 Å². The molecular weight excluding hydrogens is 409 g/mol. The molecule has 0 aliphatic carbocycles. The van der Waals surface area contributed by atoms with Gasteiger partial charge < -0.3 is 20.9 Å². The van der Waals surface area contributed by atoms with Crippen LogP contribution in [0.4, 0.5) is 0 Å². The van der Waals surface area contributed by atoms with Gasteiger partial charge in [0.1, 0.15) is 0 Å². The summed E-state index contributed by atoms with van der Waals surface area (Å²) in [4.78, 5) is 10.6. The first-order valence-electron chi connectivity index (χ1n) is 7.66. The lowest BCUT2D eigenvalue weighted by Crippen LogP contribution is -2.42. The van der Waals surface area contributed by atoms with Gasteiger partial charge >= 0.3 is 0 Å². The molecule has 23 heavy (non-hydrogen) atoms. The van der Waals surface area contributed by atoms with Crippen molar-refractivity contribution in [2.75, 3.05) is 45.9 Å². The van der Waals surface area contributed by atoms with E-state index in [1.165, 1.54) is 0 Å². The normalized spacial score (nSPS) is 17.3. The van der Waals surface area contributed by atoms with E-state index in [0.717, 1.165) is 38.4 Å². The van der Waals surface area contributed by atoms with E-state index in [0.29, 0.717) is 25.6 Å². The van der Waals surface area contributed by atoms with E-state index in [4.69, 9.17) is 10.5 Å². The monoisotopic (exact) mass is 435 g/mol. The van der Waals surface area contributed by atoms with Crippen LogP contribution in [0.3, 0.4) is 0 Å². The molecule has 0 amide bonds. The van der Waals surface area contributed by atoms with Gasteiger partial charge in [-0.3, -0.25) is 14.9 Å². The van der Waals surface area contributed by atoms with Crippen molar-refractivity contribution < 1.29 is 9.84 Å². The minimum atomic E-state index is -0.505. The zero-order valence-electron chi connectivity index (χ0n) is 13.2. The molecule has 7 nitrogen and oxygen atoms in total. The molecule has 1 atom stereocenters. The summed E-state index contributed by atoms with van der Waals surface area (Å²) in [5.74, 6) is 0.358. The topological polar surface area (TPSA) is 96.0 Å². The molecule has 0 bridgehead atoms. The maximum Gasteiger partial charge on any atom is 0.188 e. The van der Waals surface area contributed by atoms with Gasteiger partial charge in [-0.2, -0.15) is 0 Å². The Kier molecular flexibility index (Phi) is 10.1. The van der Waals surface area contributed by atoms with Crippen LogP contribution >= 0.6 is 24.0 Å². The van der Waals surface area contributed by atoms with Crippen molar-refractivity contribution in [3.63, 3.8) is 0 Å². The Morgan fingerprint density at radius 3 is 2.91 bits per heavy atom. The zero-order chi connectivity index (χ0) is 15.6. The summed E-state index contributed by atoms with van der Waals surface area (Å²) in [7, 11) is 0. The number of aliphatic imine (C=N–C) groups is 1. The minimum Gasteiger partial charge on any atom is -0.390 e. The van der Waals surface area contributed by atoms with Gasteiger partial charge in [0.2, 0.25) is 0 Å². The number of ether oxygens (including phenoxy) is 1. The van der Waals surface area contributed by atoms with Crippen molar-refractivity contribution in [2.45, 2.75) is 12.5 Å². The Morgan fingerprint density at radius 2 is 2.22 bits per heavy atom. The van der Waals surface area contributed by atoms with E-state index >= 15 is 0 Å². The summed E-state index contributed by atoms with van der Waals surface area (Å²) >= 11 is 0. The molecule has 1 aliphatic rings. The van der Waals surface area contributed by atoms with Gasteiger partial charge in [-0.25, -0.2) is 0 Å². The highest BCUT2D eigenvalue weighted by Crippen LogP contribution is 1.99. The number of nitrogens with zero attached hydrogens (tertiary/aromatic N) is 3. The first-order valence-corrected chi connectivity index (χ1v) is 7.66. The average molecular weight is 435 g/mol. The highest BCUT2D eigenvalue weighted by atomic mass is 127. The summed E-state index contributed by atoms with van der Waals surface area (Å²) in [6.07, 6.45) is 2.05. The van der Waals surface area contributed by atoms with Crippen LogP contribution in [0.25, 0.3) is 0 Å². The summed E-state index contributed by atoms with van der Waals surface area (Å²) in [6.45, 7) is 4.76. The number of guanidine groups is 1. The highest BCUT2D eigenvalue weighted by molar-refractivity contribution is 14.0. The molecule has 0 saturated carbocycles. The van der Waals surface area contributed by atoms with Crippen molar-refractivity contribution >= 4 is 29.9 Å². The third-order valence-corrected chi connectivity index (χ3v) is 3.46. The van der Waals surface area contributed by atoms with Gasteiger partial charge in [0, 0.05) is 44.5 Å². The Morgan fingerprint density at radius 1 is 1.43 bits per heavy atom. The van der Waals surface area contributed by atoms with Gasteiger partial charge in [-0.05, 0) is 12.1 Å². The van der Waals surface area contributed by atoms with E-state index in [2.05, 4.69) is 20.2 Å². The third-order valence-electron chi connectivity index (χ3n) is 3.46. The number of nitrogens with two attached hydrogens (primary N) is 1. The van der Waals surface area contributed by atoms with Crippen LogP contribution in [0.2, 0.25) is 0 Å². The predicted octanol–water partition coefficient (Wildman–Crippen LogP) is -0.160. The standard InChI is InChI=1S/C15H25N5O2.HI/c16-15(18-6-4-13-3-1-2-5-17-13)19-11-14(21)12-20-7-9-22-10-8-20;/h1-3,5,14,21H,4,6-12H2,(H3,16,18,19);1H. The Balaban J connectivity index is 0.00000264. The van der Waals surface area contributed by atoms with Crippen molar-refractivity contribution in [1.29, 1.82) is 0 Å². The van der Waals surface area contributed by atoms with Crippen molar-refractivity contribution in [1.82, 2.24) is 15.2 Å². The van der Waals surface area contributed by atoms with Gasteiger partial charge in [-0.1, -0.05) is 6.07 Å². The van der Waals surface area contributed by atoms with E-state index in [9.17, 15) is 5.11 Å². The minimum absolute atomic E-state index is 0. The number of hydrogen-bond donors (Lipinski definition) is 3. The first kappa shape index (κ1) is 20.1. The molecular formula is C15H26IN5O2. The summed E-state index contributed by atoms with van der Waals surface area (Å²) < 4.78 is 5.27. The van der Waals surface area contributed by atoms with Crippen molar-refractivity contribution in [3.8, 4) is 0 Å². The van der Waals surface area contributed by atoms with E-state index < -0.39 is 6.10 Å². The van der Waals surface area contributed by atoms with E-state index in [1.54, 1.807) is 6.20 Å². The summed E-state index contributed by atoms with van der Waals surface area (Å²) in [5.41, 5.74) is 6.80. The quantitative estimate of drug-likeness (QED) is 0.313. The van der Waals surface area contributed by atoms with Gasteiger partial charge in [0.25, 0.3) is 0 Å². The van der Waals surface area contributed by atoms with Crippen LogP contribution in [-0.4, -0.2) is 73.0 Å². The number of aliphatic hydroxyl groups is 1. The second-order valence-electron chi connectivity index (χ2n) is 5.29. The number of β-amino-alcohol motifs (C(OH)–C–C–N with tert-alkyl or cyclic N) is 1. The highest BCUT2D eigenvalue weighted by Gasteiger charge is 2.14. The maximum atomic E-state index is 9.97. The largest absolute Gasteiger partial charge is 0.390 e. The fourth-order valence-corrected chi connectivity index (χ4v) is 2.26. The fraction of sp³-hybridized carbons (Fsp3) is 0.600. The molecule has 0 radical (unpaired) electrons. The van der Waals surface area contributed by atoms with Crippen LogP contribution in [0, 0.1) is 0 Å². The molecule has 1 aromatic rings. The Bertz CT molecular complexity index is 454. The lowest BCUT2D eigenvalue weighted by atomic mass is 10.3. The Hall–Kier alpha value is -0.970. The van der Waals surface area contributed by atoms with Crippen molar-refractivity contribution in [3.05, 3.63) is 30.1 Å². The number of rotatable bonds is 7. The molecule has 1 fully saturated rings. The van der Waals surface area contributed by atoms with Gasteiger partial charge in [0.05, 0.1) is 25.9 Å². The molecule has 130 valence electrons. The number of morpholine rings is 1. The number of hydrogen-bond acceptors (Lipinski definition) is 5. The van der Waals surface area contributed by atoms with Crippen LogP contribution in [0.1, 0.15) is 5.69 Å². The number of aliphatic hydroxyl groups excluding tert-OH is 1. The van der Waals surface area contributed by atoms with Crippen LogP contribution in [-0.2, 0) is 11.2 Å². The number of nitrogens with one attached hydrogen (secondary N) is 1. The van der Waals surface area contributed by atoms with E-state index in [-0.39, 0.29) is 24.0 Å². The molecule has 2 rings (SSSR count). The lowest BCUT2D eigenvalue weighted by Gasteiger charge is -2.28. The maximum absolute atomic E-state index is 9.97. The zero-order valence-corrected chi connectivity index (χ0v) is 15.6. The van der Waals surface area contributed by atoms with Gasteiger partial charge in [-0.15, -0.1) is 24.0 Å². The molecule has 2 heterocycles. The molecule has 8 heteroatoms. The molecule has 1 aromatic heterocycles. The molecule has 1 aliphatic heterocycles. The number of halogens is 1. The SMILES string of the molecule is I.NC(=NCC(O)CN1CCOCC1)NCCc1ccccn1. The molecule has 0 aromatic carbocycles. The van der Waals surface area contributed by atoms with Crippen LogP contribution in [0.5, 0.6) is 0 Å². The smallest absolute Gasteiger partial charge is 0.188 e. The molecule has 0 spiro atoms.